The molecule has 1 saturated heterocycles. The first-order valence-corrected chi connectivity index (χ1v) is 9.75. The highest BCUT2D eigenvalue weighted by atomic mass is 32.1. The number of amides is 2. The summed E-state index contributed by atoms with van der Waals surface area (Å²) >= 11 is 1.52. The van der Waals surface area contributed by atoms with E-state index in [9.17, 15) is 9.59 Å². The highest BCUT2D eigenvalue weighted by Gasteiger charge is 2.31. The molecule has 25 heavy (non-hydrogen) atoms. The normalized spacial score (nSPS) is 20.0. The molecule has 0 bridgehead atoms. The van der Waals surface area contributed by atoms with Crippen molar-refractivity contribution in [2.24, 2.45) is 0 Å². The van der Waals surface area contributed by atoms with Crippen molar-refractivity contribution in [3.63, 3.8) is 0 Å². The molecule has 5 nitrogen and oxygen atoms in total. The second-order valence-electron chi connectivity index (χ2n) is 6.77. The van der Waals surface area contributed by atoms with E-state index < -0.39 is 0 Å². The summed E-state index contributed by atoms with van der Waals surface area (Å²) in [5.41, 5.74) is 0. The summed E-state index contributed by atoms with van der Waals surface area (Å²) in [5, 5.41) is 3.02. The van der Waals surface area contributed by atoms with Crippen LogP contribution in [-0.4, -0.2) is 29.3 Å². The van der Waals surface area contributed by atoms with E-state index in [-0.39, 0.29) is 17.9 Å². The molecule has 2 aromatic heterocycles. The molecule has 1 aliphatic heterocycles. The van der Waals surface area contributed by atoms with Crippen LogP contribution in [0.2, 0.25) is 0 Å². The predicted octanol–water partition coefficient (Wildman–Crippen LogP) is 3.53. The van der Waals surface area contributed by atoms with Gasteiger partial charge in [-0.05, 0) is 49.9 Å². The van der Waals surface area contributed by atoms with Gasteiger partial charge in [0.1, 0.15) is 5.76 Å². The number of nitrogens with zero attached hydrogens (tertiary/aromatic N) is 1. The molecule has 1 N–H and O–H groups in total. The number of aryl methyl sites for hydroxylation is 1. The number of furan rings is 1. The third-order valence-electron chi connectivity index (χ3n) is 4.83. The van der Waals surface area contributed by atoms with Gasteiger partial charge in [-0.25, -0.2) is 0 Å². The number of nitrogens with one attached hydrogen (secondary N) is 1. The summed E-state index contributed by atoms with van der Waals surface area (Å²) in [5.74, 6) is 1.03. The first-order valence-electron chi connectivity index (χ1n) is 8.93. The Morgan fingerprint density at radius 3 is 2.88 bits per heavy atom. The maximum Gasteiger partial charge on any atom is 0.261 e. The van der Waals surface area contributed by atoms with Crippen LogP contribution >= 0.6 is 11.3 Å². The molecule has 2 amide bonds. The molecule has 2 aliphatic rings. The second kappa shape index (κ2) is 7.04. The third kappa shape index (κ3) is 3.79. The number of rotatable bonds is 6. The van der Waals surface area contributed by atoms with Crippen molar-refractivity contribution in [1.82, 2.24) is 10.2 Å². The zero-order chi connectivity index (χ0) is 17.2. The van der Waals surface area contributed by atoms with Crippen LogP contribution in [0.1, 0.15) is 58.5 Å². The van der Waals surface area contributed by atoms with Crippen molar-refractivity contribution in [3.05, 3.63) is 46.0 Å². The van der Waals surface area contributed by atoms with Gasteiger partial charge in [-0.15, -0.1) is 11.3 Å². The maximum atomic E-state index is 12.6. The van der Waals surface area contributed by atoms with Crippen molar-refractivity contribution in [2.75, 3.05) is 6.54 Å². The Labute approximate surface area is 151 Å². The van der Waals surface area contributed by atoms with Gasteiger partial charge in [0, 0.05) is 30.3 Å². The van der Waals surface area contributed by atoms with Crippen molar-refractivity contribution >= 4 is 23.2 Å². The van der Waals surface area contributed by atoms with Crippen LogP contribution in [-0.2, 0) is 11.2 Å². The van der Waals surface area contributed by atoms with Crippen LogP contribution in [0.25, 0.3) is 0 Å². The third-order valence-corrected chi connectivity index (χ3v) is 6.02. The van der Waals surface area contributed by atoms with Gasteiger partial charge in [0.2, 0.25) is 5.91 Å². The van der Waals surface area contributed by atoms with Crippen molar-refractivity contribution in [2.45, 2.75) is 50.6 Å². The van der Waals surface area contributed by atoms with Gasteiger partial charge in [-0.3, -0.25) is 9.59 Å². The Hall–Kier alpha value is -2.08. The zero-order valence-electron chi connectivity index (χ0n) is 14.1. The molecular formula is C19H22N2O3S. The summed E-state index contributed by atoms with van der Waals surface area (Å²) in [6, 6.07) is 8.12. The quantitative estimate of drug-likeness (QED) is 0.859. The number of carbonyl (C=O) groups excluding carboxylic acids is 2. The van der Waals surface area contributed by atoms with E-state index in [1.165, 1.54) is 11.3 Å². The molecule has 1 aliphatic carbocycles. The molecule has 1 atom stereocenters. The molecule has 6 heteroatoms. The molecule has 2 aromatic rings. The van der Waals surface area contributed by atoms with Crippen LogP contribution < -0.4 is 5.32 Å². The topological polar surface area (TPSA) is 62.6 Å². The SMILES string of the molecule is O=C(NC1CC1)c1ccc([C@H]2CCCN2C(=O)CCc2ccco2)s1. The first kappa shape index (κ1) is 16.4. The standard InChI is InChI=1S/C19H22N2O3S/c22-18(10-7-14-3-2-12-24-14)21-11-1-4-15(21)16-8-9-17(25-16)19(23)20-13-5-6-13/h2-3,8-9,12-13,15H,1,4-7,10-11H2,(H,20,23)/t15-/m1/s1. The summed E-state index contributed by atoms with van der Waals surface area (Å²) in [7, 11) is 0. The Morgan fingerprint density at radius 1 is 1.24 bits per heavy atom. The molecule has 1 saturated carbocycles. The molecule has 4 rings (SSSR count). The average molecular weight is 358 g/mol. The Kier molecular flexibility index (Phi) is 4.61. The number of hydrogen-bond donors (Lipinski definition) is 1. The molecule has 3 heterocycles. The largest absolute Gasteiger partial charge is 0.469 e. The molecule has 0 spiro atoms. The number of likely N-dealkylation sites (tertiary alicyclic amines) is 1. The van der Waals surface area contributed by atoms with Crippen LogP contribution in [0.4, 0.5) is 0 Å². The van der Waals surface area contributed by atoms with Crippen molar-refractivity contribution in [3.8, 4) is 0 Å². The van der Waals surface area contributed by atoms with Gasteiger partial charge in [0.25, 0.3) is 5.91 Å². The highest BCUT2D eigenvalue weighted by Crippen LogP contribution is 2.36. The number of hydrogen-bond acceptors (Lipinski definition) is 4. The van der Waals surface area contributed by atoms with Crippen LogP contribution in [0.15, 0.2) is 34.9 Å². The van der Waals surface area contributed by atoms with Gasteiger partial charge >= 0.3 is 0 Å². The van der Waals surface area contributed by atoms with E-state index in [0.29, 0.717) is 18.9 Å². The van der Waals surface area contributed by atoms with Crippen LogP contribution in [0.5, 0.6) is 0 Å². The minimum Gasteiger partial charge on any atom is -0.469 e. The zero-order valence-corrected chi connectivity index (χ0v) is 14.9. The lowest BCUT2D eigenvalue weighted by Gasteiger charge is -2.23. The molecule has 0 unspecified atom stereocenters. The van der Waals surface area contributed by atoms with E-state index in [4.69, 9.17) is 4.42 Å². The van der Waals surface area contributed by atoms with Crippen molar-refractivity contribution in [1.29, 1.82) is 0 Å². The molecule has 0 radical (unpaired) electrons. The Bertz CT molecular complexity index is 749. The lowest BCUT2D eigenvalue weighted by Crippen LogP contribution is -2.30. The van der Waals surface area contributed by atoms with Gasteiger partial charge in [-0.1, -0.05) is 0 Å². The van der Waals surface area contributed by atoms with E-state index in [1.54, 1.807) is 6.26 Å². The fraction of sp³-hybridized carbons (Fsp3) is 0.474. The van der Waals surface area contributed by atoms with Crippen LogP contribution in [0, 0.1) is 0 Å². The molecule has 0 aromatic carbocycles. The fourth-order valence-corrected chi connectivity index (χ4v) is 4.39. The smallest absolute Gasteiger partial charge is 0.261 e. The number of carbonyl (C=O) groups is 2. The van der Waals surface area contributed by atoms with E-state index >= 15 is 0 Å². The van der Waals surface area contributed by atoms with E-state index in [2.05, 4.69) is 5.32 Å². The fourth-order valence-electron chi connectivity index (χ4n) is 3.33. The molecular weight excluding hydrogens is 336 g/mol. The van der Waals surface area contributed by atoms with E-state index in [1.807, 2.05) is 29.2 Å². The lowest BCUT2D eigenvalue weighted by atomic mass is 10.1. The minimum absolute atomic E-state index is 0.0208. The van der Waals surface area contributed by atoms with Gasteiger partial charge < -0.3 is 14.6 Å². The Balaban J connectivity index is 1.39. The summed E-state index contributed by atoms with van der Waals surface area (Å²) < 4.78 is 5.31. The van der Waals surface area contributed by atoms with Gasteiger partial charge in [0.05, 0.1) is 17.2 Å². The average Bonchev–Trinajstić information content (AvgIpc) is 3.10. The summed E-state index contributed by atoms with van der Waals surface area (Å²) in [6.07, 6.45) is 6.89. The predicted molar refractivity (Wildman–Crippen MR) is 95.5 cm³/mol. The van der Waals surface area contributed by atoms with Crippen molar-refractivity contribution < 1.29 is 14.0 Å². The lowest BCUT2D eigenvalue weighted by molar-refractivity contribution is -0.132. The monoisotopic (exact) mass is 358 g/mol. The molecule has 132 valence electrons. The van der Waals surface area contributed by atoms with Gasteiger partial charge in [-0.2, -0.15) is 0 Å². The minimum atomic E-state index is 0.0208. The van der Waals surface area contributed by atoms with Crippen LogP contribution in [0.3, 0.4) is 0 Å². The Morgan fingerprint density at radius 2 is 2.12 bits per heavy atom. The summed E-state index contributed by atoms with van der Waals surface area (Å²) in [4.78, 5) is 28.6. The van der Waals surface area contributed by atoms with E-state index in [0.717, 1.165) is 47.7 Å². The molecule has 2 fully saturated rings. The van der Waals surface area contributed by atoms with Gasteiger partial charge in [0.15, 0.2) is 0 Å². The summed E-state index contributed by atoms with van der Waals surface area (Å²) in [6.45, 7) is 0.795. The number of thiophene rings is 1. The highest BCUT2D eigenvalue weighted by molar-refractivity contribution is 7.14. The first-order chi connectivity index (χ1) is 12.2. The maximum absolute atomic E-state index is 12.6. The second-order valence-corrected chi connectivity index (χ2v) is 7.89.